The number of carbonyl (C=O) groups is 3. The highest BCUT2D eigenvalue weighted by molar-refractivity contribution is 5.71. The van der Waals surface area contributed by atoms with Crippen LogP contribution in [0, 0.1) is 0 Å². The quantitative estimate of drug-likeness (QED) is 0.0262. The van der Waals surface area contributed by atoms with E-state index in [0.29, 0.717) is 12.8 Å². The van der Waals surface area contributed by atoms with Gasteiger partial charge in [-0.3, -0.25) is 14.4 Å². The lowest BCUT2D eigenvalue weighted by atomic mass is 10.1. The summed E-state index contributed by atoms with van der Waals surface area (Å²) in [6, 6.07) is 0. The van der Waals surface area contributed by atoms with Gasteiger partial charge in [0.2, 0.25) is 0 Å². The fraction of sp³-hybridized carbons (Fsp3) is 0.571. The van der Waals surface area contributed by atoms with E-state index in [0.717, 1.165) is 109 Å². The van der Waals surface area contributed by atoms with Crippen molar-refractivity contribution in [3.8, 4) is 0 Å². The summed E-state index contributed by atoms with van der Waals surface area (Å²) in [7, 11) is 0. The van der Waals surface area contributed by atoms with E-state index in [9.17, 15) is 14.4 Å². The van der Waals surface area contributed by atoms with Crippen LogP contribution in [0.1, 0.15) is 213 Å². The van der Waals surface area contributed by atoms with E-state index in [1.807, 2.05) is 12.2 Å². The molecule has 6 nitrogen and oxygen atoms in total. The molecule has 0 aromatic rings. The van der Waals surface area contributed by atoms with Crippen molar-refractivity contribution in [1.82, 2.24) is 0 Å². The fourth-order valence-corrected chi connectivity index (χ4v) is 6.79. The van der Waals surface area contributed by atoms with E-state index in [1.54, 1.807) is 0 Å². The lowest BCUT2D eigenvalue weighted by Gasteiger charge is -2.18. The van der Waals surface area contributed by atoms with E-state index in [4.69, 9.17) is 14.2 Å². The van der Waals surface area contributed by atoms with Crippen LogP contribution in [0.3, 0.4) is 0 Å². The van der Waals surface area contributed by atoms with Gasteiger partial charge in [0.15, 0.2) is 6.10 Å². The molecular formula is C63H98O6. The largest absolute Gasteiger partial charge is 0.462 e. The molecule has 0 aliphatic carbocycles. The highest BCUT2D eigenvalue weighted by Crippen LogP contribution is 2.12. The van der Waals surface area contributed by atoms with Gasteiger partial charge in [-0.15, -0.1) is 0 Å². The first-order valence-electron chi connectivity index (χ1n) is 27.3. The summed E-state index contributed by atoms with van der Waals surface area (Å²) < 4.78 is 16.7. The molecule has 0 N–H and O–H groups in total. The lowest BCUT2D eigenvalue weighted by Crippen LogP contribution is -2.30. The standard InChI is InChI=1S/C63H98O6/c1-4-7-10-13-16-19-22-25-27-28-29-30-31-32-33-34-36-38-41-44-47-50-53-56-62(65)68-59-60(58-67-61(64)55-52-49-46-43-40-37-24-21-18-15-12-9-6-3)69-63(66)57-54-51-48-45-42-39-35-26-23-20-17-14-11-8-5-2/h7,9-10,12,16,18-19,21,25-27,29-30,32-33,35-38,40,44,46-47,49,60H,4-6,8,11,13-15,17,20,22-24,28,31,34,39,41-43,45,48,50-59H2,1-3H3/b10-7-,12-9-,19-16-,21-18-,27-25-,30-29-,33-32-,35-26-,38-36-,40-37-,47-44-,49-46-. The molecule has 1 atom stereocenters. The second kappa shape index (κ2) is 55.9. The SMILES string of the molecule is CC/C=C\C/C=C\C/C=C\C/C=C\C/C=C\C/C=C\C/C=C\CCCC(=O)OCC(COC(=O)CC/C=C\C/C=C\C/C=C\C/C=C\CC)OC(=O)CCCCCCC/C=C\CCCCCCCC. The highest BCUT2D eigenvalue weighted by Gasteiger charge is 2.19. The van der Waals surface area contributed by atoms with Gasteiger partial charge < -0.3 is 14.2 Å². The number of unbranched alkanes of at least 4 members (excludes halogenated alkanes) is 12. The van der Waals surface area contributed by atoms with Crippen LogP contribution in [-0.2, 0) is 28.6 Å². The van der Waals surface area contributed by atoms with Crippen LogP contribution in [-0.4, -0.2) is 37.2 Å². The van der Waals surface area contributed by atoms with Crippen molar-refractivity contribution in [3.05, 3.63) is 146 Å². The van der Waals surface area contributed by atoms with Gasteiger partial charge in [0.05, 0.1) is 0 Å². The molecule has 0 radical (unpaired) electrons. The summed E-state index contributed by atoms with van der Waals surface area (Å²) in [5.74, 6) is -1.09. The number of hydrogen-bond acceptors (Lipinski definition) is 6. The lowest BCUT2D eigenvalue weighted by molar-refractivity contribution is -0.166. The summed E-state index contributed by atoms with van der Waals surface area (Å²) in [4.78, 5) is 38.0. The summed E-state index contributed by atoms with van der Waals surface area (Å²) in [6.07, 6.45) is 80.0. The number of ether oxygens (including phenoxy) is 3. The van der Waals surface area contributed by atoms with Gasteiger partial charge in [-0.2, -0.15) is 0 Å². The summed E-state index contributed by atoms with van der Waals surface area (Å²) in [6.45, 7) is 6.26. The van der Waals surface area contributed by atoms with Crippen LogP contribution in [0.25, 0.3) is 0 Å². The number of esters is 3. The molecule has 0 bridgehead atoms. The Morgan fingerprint density at radius 2 is 0.609 bits per heavy atom. The molecule has 0 aromatic heterocycles. The molecule has 0 amide bonds. The van der Waals surface area contributed by atoms with Crippen molar-refractivity contribution in [2.75, 3.05) is 13.2 Å². The molecule has 0 heterocycles. The van der Waals surface area contributed by atoms with Crippen molar-refractivity contribution in [2.24, 2.45) is 0 Å². The number of hydrogen-bond donors (Lipinski definition) is 0. The van der Waals surface area contributed by atoms with Gasteiger partial charge >= 0.3 is 17.9 Å². The number of rotatable bonds is 47. The Labute approximate surface area is 423 Å². The fourth-order valence-electron chi connectivity index (χ4n) is 6.79. The first-order valence-corrected chi connectivity index (χ1v) is 27.3. The molecule has 0 saturated carbocycles. The van der Waals surface area contributed by atoms with E-state index in [1.165, 1.54) is 51.4 Å². The average Bonchev–Trinajstić information content (AvgIpc) is 3.35. The molecule has 0 rings (SSSR count). The predicted molar refractivity (Wildman–Crippen MR) is 297 cm³/mol. The average molecular weight is 951 g/mol. The maximum absolute atomic E-state index is 12.8. The maximum atomic E-state index is 12.8. The van der Waals surface area contributed by atoms with Gasteiger partial charge in [0, 0.05) is 19.3 Å². The zero-order valence-corrected chi connectivity index (χ0v) is 44.0. The minimum absolute atomic E-state index is 0.139. The number of carbonyl (C=O) groups excluding carboxylic acids is 3. The van der Waals surface area contributed by atoms with Crippen molar-refractivity contribution in [1.29, 1.82) is 0 Å². The van der Waals surface area contributed by atoms with Crippen LogP contribution < -0.4 is 0 Å². The topological polar surface area (TPSA) is 78.9 Å². The van der Waals surface area contributed by atoms with Crippen LogP contribution in [0.5, 0.6) is 0 Å². The van der Waals surface area contributed by atoms with Crippen molar-refractivity contribution < 1.29 is 28.6 Å². The molecule has 0 aliphatic rings. The van der Waals surface area contributed by atoms with E-state index < -0.39 is 6.10 Å². The third-order valence-corrected chi connectivity index (χ3v) is 10.8. The smallest absolute Gasteiger partial charge is 0.306 e. The van der Waals surface area contributed by atoms with Crippen LogP contribution in [0.15, 0.2) is 146 Å². The van der Waals surface area contributed by atoms with Crippen molar-refractivity contribution in [2.45, 2.75) is 219 Å². The molecule has 0 spiro atoms. The first-order chi connectivity index (χ1) is 34.0. The Bertz CT molecular complexity index is 1560. The second-order valence-corrected chi connectivity index (χ2v) is 17.4. The first kappa shape index (κ1) is 64.3. The zero-order valence-electron chi connectivity index (χ0n) is 44.0. The number of allylic oxidation sites excluding steroid dienone is 24. The van der Waals surface area contributed by atoms with Crippen LogP contribution in [0.4, 0.5) is 0 Å². The Morgan fingerprint density at radius 3 is 1.03 bits per heavy atom. The van der Waals surface area contributed by atoms with Gasteiger partial charge in [-0.25, -0.2) is 0 Å². The van der Waals surface area contributed by atoms with Crippen molar-refractivity contribution in [3.63, 3.8) is 0 Å². The van der Waals surface area contributed by atoms with Gasteiger partial charge in [-0.1, -0.05) is 218 Å². The molecule has 0 aliphatic heterocycles. The molecule has 69 heavy (non-hydrogen) atoms. The van der Waals surface area contributed by atoms with Gasteiger partial charge in [0.1, 0.15) is 13.2 Å². The molecule has 386 valence electrons. The monoisotopic (exact) mass is 951 g/mol. The summed E-state index contributed by atoms with van der Waals surface area (Å²) in [5, 5.41) is 0. The van der Waals surface area contributed by atoms with E-state index in [2.05, 4.69) is 154 Å². The van der Waals surface area contributed by atoms with Gasteiger partial charge in [-0.05, 0) is 122 Å². The Hall–Kier alpha value is -4.71. The Balaban J connectivity index is 4.56. The van der Waals surface area contributed by atoms with Crippen molar-refractivity contribution >= 4 is 17.9 Å². The zero-order chi connectivity index (χ0) is 50.0. The van der Waals surface area contributed by atoms with Crippen LogP contribution in [0.2, 0.25) is 0 Å². The third-order valence-electron chi connectivity index (χ3n) is 10.8. The van der Waals surface area contributed by atoms with Crippen LogP contribution >= 0.6 is 0 Å². The molecule has 6 heteroatoms. The molecule has 0 saturated heterocycles. The minimum Gasteiger partial charge on any atom is -0.462 e. The molecule has 0 aromatic carbocycles. The van der Waals surface area contributed by atoms with E-state index >= 15 is 0 Å². The minimum atomic E-state index is -0.841. The second-order valence-electron chi connectivity index (χ2n) is 17.4. The van der Waals surface area contributed by atoms with E-state index in [-0.39, 0.29) is 50.4 Å². The molecular weight excluding hydrogens is 853 g/mol. The Kier molecular flexibility index (Phi) is 52.1. The predicted octanol–water partition coefficient (Wildman–Crippen LogP) is 18.4. The third kappa shape index (κ3) is 54.1. The van der Waals surface area contributed by atoms with Gasteiger partial charge in [0.25, 0.3) is 0 Å². The molecule has 1 unspecified atom stereocenters. The normalized spacial score (nSPS) is 13.3. The highest BCUT2D eigenvalue weighted by atomic mass is 16.6. The summed E-state index contributed by atoms with van der Waals surface area (Å²) >= 11 is 0. The molecule has 0 fully saturated rings. The maximum Gasteiger partial charge on any atom is 0.306 e. The Morgan fingerprint density at radius 1 is 0.304 bits per heavy atom. The summed E-state index contributed by atoms with van der Waals surface area (Å²) in [5.41, 5.74) is 0.